The van der Waals surface area contributed by atoms with Crippen molar-refractivity contribution in [1.82, 2.24) is 0 Å². The standard InChI is InChI=1S/C5H7N3O3/c6-8-7-3-1-2-11-4(3)5(9)10/h3-4H,1-2H2,(H,9,10). The van der Waals surface area contributed by atoms with Crippen molar-refractivity contribution in [3.63, 3.8) is 0 Å². The highest BCUT2D eigenvalue weighted by atomic mass is 16.5. The molecule has 1 aliphatic rings. The van der Waals surface area contributed by atoms with Crippen LogP contribution in [0.1, 0.15) is 6.42 Å². The first-order valence-corrected chi connectivity index (χ1v) is 3.14. The van der Waals surface area contributed by atoms with Gasteiger partial charge < -0.3 is 9.84 Å². The summed E-state index contributed by atoms with van der Waals surface area (Å²) in [6.45, 7) is 0.348. The Morgan fingerprint density at radius 3 is 3.09 bits per heavy atom. The van der Waals surface area contributed by atoms with E-state index in [-0.39, 0.29) is 0 Å². The maximum atomic E-state index is 10.4. The number of carboxylic acid groups (broad SMARTS) is 1. The van der Waals surface area contributed by atoms with Crippen LogP contribution in [0.5, 0.6) is 0 Å². The number of carboxylic acids is 1. The largest absolute Gasteiger partial charge is 0.479 e. The van der Waals surface area contributed by atoms with E-state index in [0.29, 0.717) is 13.0 Å². The molecule has 0 amide bonds. The Hall–Kier alpha value is -1.26. The number of ether oxygens (including phenoxy) is 1. The van der Waals surface area contributed by atoms with Crippen LogP contribution in [-0.4, -0.2) is 29.8 Å². The molecule has 0 aromatic heterocycles. The summed E-state index contributed by atoms with van der Waals surface area (Å²) in [4.78, 5) is 12.9. The van der Waals surface area contributed by atoms with E-state index < -0.39 is 18.1 Å². The van der Waals surface area contributed by atoms with Crippen molar-refractivity contribution in [1.29, 1.82) is 0 Å². The van der Waals surface area contributed by atoms with Gasteiger partial charge in [-0.05, 0) is 12.0 Å². The Morgan fingerprint density at radius 1 is 1.82 bits per heavy atom. The molecule has 6 heteroatoms. The van der Waals surface area contributed by atoms with Gasteiger partial charge in [0.15, 0.2) is 6.10 Å². The van der Waals surface area contributed by atoms with Crippen LogP contribution in [0.25, 0.3) is 10.4 Å². The van der Waals surface area contributed by atoms with Gasteiger partial charge in [0.05, 0.1) is 6.04 Å². The lowest BCUT2D eigenvalue weighted by Gasteiger charge is -2.06. The van der Waals surface area contributed by atoms with E-state index >= 15 is 0 Å². The van der Waals surface area contributed by atoms with Gasteiger partial charge in [-0.1, -0.05) is 5.11 Å². The summed E-state index contributed by atoms with van der Waals surface area (Å²) < 4.78 is 4.82. The summed E-state index contributed by atoms with van der Waals surface area (Å²) in [7, 11) is 0. The number of azide groups is 1. The van der Waals surface area contributed by atoms with Gasteiger partial charge in [-0.2, -0.15) is 0 Å². The highest BCUT2D eigenvalue weighted by Gasteiger charge is 2.33. The predicted molar refractivity (Wildman–Crippen MR) is 34.9 cm³/mol. The molecule has 6 nitrogen and oxygen atoms in total. The zero-order valence-electron chi connectivity index (χ0n) is 5.67. The molecule has 11 heavy (non-hydrogen) atoms. The van der Waals surface area contributed by atoms with E-state index in [2.05, 4.69) is 10.0 Å². The highest BCUT2D eigenvalue weighted by Crippen LogP contribution is 2.16. The number of rotatable bonds is 2. The number of aliphatic carboxylic acids is 1. The molecule has 1 fully saturated rings. The van der Waals surface area contributed by atoms with Gasteiger partial charge in [-0.15, -0.1) is 0 Å². The fourth-order valence-electron chi connectivity index (χ4n) is 0.999. The monoisotopic (exact) mass is 157 g/mol. The Labute approximate surface area is 62.4 Å². The smallest absolute Gasteiger partial charge is 0.333 e. The van der Waals surface area contributed by atoms with Crippen LogP contribution >= 0.6 is 0 Å². The summed E-state index contributed by atoms with van der Waals surface area (Å²) >= 11 is 0. The van der Waals surface area contributed by atoms with Crippen LogP contribution < -0.4 is 0 Å². The molecular formula is C5H7N3O3. The van der Waals surface area contributed by atoms with E-state index in [1.165, 1.54) is 0 Å². The maximum absolute atomic E-state index is 10.4. The lowest BCUT2D eigenvalue weighted by molar-refractivity contribution is -0.147. The van der Waals surface area contributed by atoms with Crippen molar-refractivity contribution in [3.05, 3.63) is 10.4 Å². The van der Waals surface area contributed by atoms with E-state index in [0.717, 1.165) is 0 Å². The third-order valence-electron chi connectivity index (χ3n) is 1.50. The molecule has 60 valence electrons. The van der Waals surface area contributed by atoms with Crippen LogP contribution in [-0.2, 0) is 9.53 Å². The topological polar surface area (TPSA) is 95.3 Å². The Balaban J connectivity index is 2.64. The molecular weight excluding hydrogens is 150 g/mol. The molecule has 0 bridgehead atoms. The fourth-order valence-corrected chi connectivity index (χ4v) is 0.999. The number of carbonyl (C=O) groups is 1. The lowest BCUT2D eigenvalue weighted by atomic mass is 10.1. The van der Waals surface area contributed by atoms with Gasteiger partial charge in [0.25, 0.3) is 0 Å². The van der Waals surface area contributed by atoms with Crippen molar-refractivity contribution >= 4 is 5.97 Å². The minimum absolute atomic E-state index is 0.348. The molecule has 2 unspecified atom stereocenters. The van der Waals surface area contributed by atoms with Gasteiger partial charge in [-0.3, -0.25) is 0 Å². The van der Waals surface area contributed by atoms with Crippen molar-refractivity contribution in [2.45, 2.75) is 18.6 Å². The highest BCUT2D eigenvalue weighted by molar-refractivity contribution is 5.73. The lowest BCUT2D eigenvalue weighted by Crippen LogP contribution is -2.28. The first-order valence-electron chi connectivity index (χ1n) is 3.14. The van der Waals surface area contributed by atoms with Crippen molar-refractivity contribution in [2.24, 2.45) is 5.11 Å². The van der Waals surface area contributed by atoms with Crippen molar-refractivity contribution in [2.75, 3.05) is 6.61 Å². The first-order chi connectivity index (χ1) is 5.25. The van der Waals surface area contributed by atoms with Gasteiger partial charge in [0.2, 0.25) is 0 Å². The molecule has 0 spiro atoms. The van der Waals surface area contributed by atoms with Gasteiger partial charge in [0.1, 0.15) is 0 Å². The van der Waals surface area contributed by atoms with Crippen LogP contribution in [0, 0.1) is 0 Å². The van der Waals surface area contributed by atoms with Crippen LogP contribution in [0.4, 0.5) is 0 Å². The quantitative estimate of drug-likeness (QED) is 0.360. The molecule has 1 N–H and O–H groups in total. The second-order valence-electron chi connectivity index (χ2n) is 2.19. The molecule has 0 saturated carbocycles. The molecule has 1 heterocycles. The summed E-state index contributed by atoms with van der Waals surface area (Å²) in [5.74, 6) is -1.07. The van der Waals surface area contributed by atoms with Crippen molar-refractivity contribution < 1.29 is 14.6 Å². The number of nitrogens with zero attached hydrogens (tertiary/aromatic N) is 3. The Morgan fingerprint density at radius 2 is 2.55 bits per heavy atom. The molecule has 1 saturated heterocycles. The van der Waals surface area contributed by atoms with E-state index in [4.69, 9.17) is 15.4 Å². The number of hydrogen-bond acceptors (Lipinski definition) is 3. The Bertz CT molecular complexity index is 203. The fraction of sp³-hybridized carbons (Fsp3) is 0.800. The molecule has 0 aromatic carbocycles. The van der Waals surface area contributed by atoms with Crippen molar-refractivity contribution in [3.8, 4) is 0 Å². The minimum Gasteiger partial charge on any atom is -0.479 e. The molecule has 1 aliphatic heterocycles. The average Bonchev–Trinajstić information content (AvgIpc) is 2.36. The van der Waals surface area contributed by atoms with E-state index in [1.807, 2.05) is 0 Å². The van der Waals surface area contributed by atoms with Gasteiger partial charge in [0, 0.05) is 11.5 Å². The van der Waals surface area contributed by atoms with Crippen LogP contribution in [0.2, 0.25) is 0 Å². The number of hydrogen-bond donors (Lipinski definition) is 1. The molecule has 0 aromatic rings. The summed E-state index contributed by atoms with van der Waals surface area (Å²) in [5.41, 5.74) is 8.04. The van der Waals surface area contributed by atoms with Crippen LogP contribution in [0.3, 0.4) is 0 Å². The summed E-state index contributed by atoms with van der Waals surface area (Å²) in [5, 5.41) is 11.8. The second kappa shape index (κ2) is 3.23. The first kappa shape index (κ1) is 7.84. The normalized spacial score (nSPS) is 29.5. The molecule has 1 rings (SSSR count). The summed E-state index contributed by atoms with van der Waals surface area (Å²) in [6, 6.07) is -0.544. The third kappa shape index (κ3) is 1.60. The average molecular weight is 157 g/mol. The zero-order chi connectivity index (χ0) is 8.27. The minimum atomic E-state index is -1.07. The Kier molecular flexibility index (Phi) is 2.30. The van der Waals surface area contributed by atoms with E-state index in [9.17, 15) is 4.79 Å². The predicted octanol–water partition coefficient (Wildman–Crippen LogP) is 0.539. The summed E-state index contributed by atoms with van der Waals surface area (Å²) in [6.07, 6.45) is -0.466. The SMILES string of the molecule is [N-]=[N+]=NC1CCOC1C(=O)O. The van der Waals surface area contributed by atoms with E-state index in [1.54, 1.807) is 0 Å². The maximum Gasteiger partial charge on any atom is 0.333 e. The van der Waals surface area contributed by atoms with Gasteiger partial charge in [-0.25, -0.2) is 4.79 Å². The van der Waals surface area contributed by atoms with Crippen LogP contribution in [0.15, 0.2) is 5.11 Å². The third-order valence-corrected chi connectivity index (χ3v) is 1.50. The molecule has 0 aliphatic carbocycles. The molecule has 0 radical (unpaired) electrons. The molecule has 2 atom stereocenters. The second-order valence-corrected chi connectivity index (χ2v) is 2.19. The van der Waals surface area contributed by atoms with Gasteiger partial charge >= 0.3 is 5.97 Å². The zero-order valence-corrected chi connectivity index (χ0v) is 5.67.